The summed E-state index contributed by atoms with van der Waals surface area (Å²) < 4.78 is 85.6. The molecule has 0 bridgehead atoms. The maximum absolute atomic E-state index is 9.10. The zero-order valence-electron chi connectivity index (χ0n) is 32.4. The third-order valence-electron chi connectivity index (χ3n) is 7.22. The largest absolute Gasteiger partial charge is 0.455 e. The molecule has 0 aliphatic heterocycles. The van der Waals surface area contributed by atoms with Gasteiger partial charge in [-0.15, -0.1) is 0 Å². The van der Waals surface area contributed by atoms with Crippen molar-refractivity contribution in [2.45, 2.75) is 47.8 Å². The Balaban J connectivity index is 1.66. The first-order valence-electron chi connectivity index (χ1n) is 17.9. The Morgan fingerprint density at radius 1 is 0.825 bits per heavy atom. The van der Waals surface area contributed by atoms with Crippen LogP contribution in [-0.4, -0.2) is 0 Å². The first-order chi connectivity index (χ1) is 22.7. The minimum Gasteiger partial charge on any atom is -0.455 e. The number of nitrogens with zero attached hydrogens (tertiary/aromatic N) is 1. The van der Waals surface area contributed by atoms with E-state index in [1.807, 2.05) is 67.6 Å². The predicted octanol–water partition coefficient (Wildman–Crippen LogP) is 9.93. The van der Waals surface area contributed by atoms with Crippen molar-refractivity contribution in [2.75, 3.05) is 0 Å². The van der Waals surface area contributed by atoms with Gasteiger partial charge in [-0.1, -0.05) is 87.5 Å². The van der Waals surface area contributed by atoms with Crippen LogP contribution in [0.3, 0.4) is 0 Å². The Morgan fingerprint density at radius 2 is 1.60 bits per heavy atom. The second-order valence-electron chi connectivity index (χ2n) is 11.5. The summed E-state index contributed by atoms with van der Waals surface area (Å²) in [7, 11) is 1.73. The lowest BCUT2D eigenvalue weighted by Gasteiger charge is -2.19. The topological polar surface area (TPSA) is 17.0 Å². The van der Waals surface area contributed by atoms with E-state index in [9.17, 15) is 0 Å². The van der Waals surface area contributed by atoms with E-state index in [0.29, 0.717) is 22.4 Å². The molecular formula is C38H38NO+. The highest BCUT2D eigenvalue weighted by Gasteiger charge is 2.23. The molecule has 2 aromatic heterocycles. The number of aromatic nitrogens is 1. The van der Waals surface area contributed by atoms with Gasteiger partial charge in [0.25, 0.3) is 0 Å². The summed E-state index contributed by atoms with van der Waals surface area (Å²) in [5, 5.41) is 1.79. The smallest absolute Gasteiger partial charge is 0.216 e. The first kappa shape index (κ1) is 17.5. The van der Waals surface area contributed by atoms with Crippen molar-refractivity contribution in [3.8, 4) is 33.5 Å². The number of rotatable bonds is 4. The minimum atomic E-state index is -2.77. The van der Waals surface area contributed by atoms with Crippen LogP contribution in [-0.2, 0) is 13.4 Å². The van der Waals surface area contributed by atoms with Gasteiger partial charge in [-0.2, -0.15) is 0 Å². The lowest BCUT2D eigenvalue weighted by Crippen LogP contribution is -2.31. The molecule has 2 heteroatoms. The summed E-state index contributed by atoms with van der Waals surface area (Å²) in [5.41, 5.74) is 4.22. The number of benzene rings is 4. The molecule has 0 saturated heterocycles. The fourth-order valence-electron chi connectivity index (χ4n) is 5.40. The average Bonchev–Trinajstić information content (AvgIpc) is 3.37. The monoisotopic (exact) mass is 533 g/mol. The number of pyridine rings is 1. The van der Waals surface area contributed by atoms with Crippen LogP contribution in [0.4, 0.5) is 0 Å². The lowest BCUT2D eigenvalue weighted by molar-refractivity contribution is -0.660. The molecule has 0 fully saturated rings. The van der Waals surface area contributed by atoms with Crippen molar-refractivity contribution in [2.24, 2.45) is 12.5 Å². The molecule has 4 aromatic carbocycles. The molecule has 6 aromatic rings. The van der Waals surface area contributed by atoms with Gasteiger partial charge in [0.15, 0.2) is 6.20 Å². The van der Waals surface area contributed by atoms with Gasteiger partial charge in [0.1, 0.15) is 18.2 Å². The van der Waals surface area contributed by atoms with Crippen LogP contribution in [0.25, 0.3) is 55.4 Å². The van der Waals surface area contributed by atoms with Crippen molar-refractivity contribution >= 4 is 21.9 Å². The van der Waals surface area contributed by atoms with E-state index < -0.39 is 25.5 Å². The molecule has 200 valence electrons. The maximum Gasteiger partial charge on any atom is 0.216 e. The molecule has 0 radical (unpaired) electrons. The number of aryl methyl sites for hydroxylation is 4. The maximum atomic E-state index is 9.10. The summed E-state index contributed by atoms with van der Waals surface area (Å²) in [6.07, 6.45) is -0.506. The Morgan fingerprint density at radius 3 is 2.35 bits per heavy atom. The third-order valence-corrected chi connectivity index (χ3v) is 7.22. The minimum absolute atomic E-state index is 0.0507. The summed E-state index contributed by atoms with van der Waals surface area (Å²) in [4.78, 5) is 0. The Kier molecular flexibility index (Phi) is 4.28. The molecule has 2 nitrogen and oxygen atoms in total. The standard InChI is InChI=1S/C38H38NO/c1-24-13-16-32-31-18-15-29(28-11-9-8-10-12-28)20-35(31)40-37(32)36(24)34-21-33(26(3)23-39(34)7)30-17-14-27(19-25(30)2)22-38(4,5)6/h8-21,23H,22H2,1-7H3/q+1/i2D3,3D3,17D,22D2. The van der Waals surface area contributed by atoms with Crippen LogP contribution in [0.2, 0.25) is 0 Å². The molecule has 0 spiro atoms. The van der Waals surface area contributed by atoms with Gasteiger partial charge in [-0.05, 0) is 83.5 Å². The van der Waals surface area contributed by atoms with E-state index in [2.05, 4.69) is 0 Å². The number of furan rings is 1. The summed E-state index contributed by atoms with van der Waals surface area (Å²) >= 11 is 0. The molecule has 0 N–H and O–H groups in total. The second kappa shape index (κ2) is 9.78. The van der Waals surface area contributed by atoms with Gasteiger partial charge in [-0.25, -0.2) is 4.57 Å². The molecule has 0 atom stereocenters. The summed E-state index contributed by atoms with van der Waals surface area (Å²) in [6.45, 7) is 1.63. The number of hydrogen-bond donors (Lipinski definition) is 0. The fraction of sp³-hybridized carbons (Fsp3) is 0.237. The third kappa shape index (κ3) is 4.73. The zero-order chi connectivity index (χ0) is 35.8. The van der Waals surface area contributed by atoms with Gasteiger partial charge in [0, 0.05) is 33.4 Å². The highest BCUT2D eigenvalue weighted by Crippen LogP contribution is 2.40. The molecule has 0 amide bonds. The Hall–Kier alpha value is -4.17. The molecule has 40 heavy (non-hydrogen) atoms. The van der Waals surface area contributed by atoms with Crippen molar-refractivity contribution in [3.05, 3.63) is 113 Å². The quantitative estimate of drug-likeness (QED) is 0.206. The van der Waals surface area contributed by atoms with Gasteiger partial charge in [-0.3, -0.25) is 0 Å². The van der Waals surface area contributed by atoms with Crippen LogP contribution in [0, 0.1) is 26.0 Å². The molecule has 6 rings (SSSR count). The van der Waals surface area contributed by atoms with Gasteiger partial charge >= 0.3 is 0 Å². The van der Waals surface area contributed by atoms with E-state index in [4.69, 9.17) is 16.8 Å². The van der Waals surface area contributed by atoms with Crippen LogP contribution in [0.15, 0.2) is 95.5 Å². The molecule has 0 saturated carbocycles. The van der Waals surface area contributed by atoms with Crippen LogP contribution in [0.5, 0.6) is 0 Å². The highest BCUT2D eigenvalue weighted by molar-refractivity contribution is 6.10. The fourth-order valence-corrected chi connectivity index (χ4v) is 5.40. The SMILES string of the molecule is [2H]c1cc(C([2H])([2H])C(C)(C)C)cc(C([2H])([2H])[2H])c1-c1cc(-c2c(C)ccc3c2oc2cc(-c4ccccc4)ccc23)[n+](C)cc1C([2H])([2H])[2H]. The predicted molar refractivity (Wildman–Crippen MR) is 169 cm³/mol. The van der Waals surface area contributed by atoms with E-state index >= 15 is 0 Å². The van der Waals surface area contributed by atoms with Crippen molar-refractivity contribution in [1.82, 2.24) is 0 Å². The van der Waals surface area contributed by atoms with Gasteiger partial charge < -0.3 is 4.42 Å². The number of hydrogen-bond acceptors (Lipinski definition) is 1. The number of fused-ring (bicyclic) bond motifs is 3. The van der Waals surface area contributed by atoms with E-state index in [0.717, 1.165) is 27.5 Å². The van der Waals surface area contributed by atoms with Crippen LogP contribution >= 0.6 is 0 Å². The average molecular weight is 534 g/mol. The molecule has 0 aliphatic rings. The van der Waals surface area contributed by atoms with Gasteiger partial charge in [0.05, 0.1) is 6.93 Å². The second-order valence-corrected chi connectivity index (χ2v) is 11.5. The summed E-state index contributed by atoms with van der Waals surface area (Å²) in [6, 6.07) is 24.0. The normalized spacial score (nSPS) is 16.3. The van der Waals surface area contributed by atoms with Crippen LogP contribution in [0.1, 0.15) is 55.4 Å². The van der Waals surface area contributed by atoms with E-state index in [1.165, 1.54) is 18.3 Å². The molecule has 0 aliphatic carbocycles. The zero-order valence-corrected chi connectivity index (χ0v) is 23.4. The Bertz CT molecular complexity index is 2240. The molecular weight excluding hydrogens is 486 g/mol. The van der Waals surface area contributed by atoms with Crippen molar-refractivity contribution in [3.63, 3.8) is 0 Å². The van der Waals surface area contributed by atoms with Gasteiger partial charge in [0.2, 0.25) is 5.69 Å². The van der Waals surface area contributed by atoms with Crippen molar-refractivity contribution in [1.29, 1.82) is 0 Å². The molecule has 0 unspecified atom stereocenters. The lowest BCUT2D eigenvalue weighted by atomic mass is 9.86. The van der Waals surface area contributed by atoms with E-state index in [1.54, 1.807) is 38.5 Å². The molecule has 2 heterocycles. The highest BCUT2D eigenvalue weighted by atomic mass is 16.3. The summed E-state index contributed by atoms with van der Waals surface area (Å²) in [5.74, 6) is 0. The van der Waals surface area contributed by atoms with Crippen molar-refractivity contribution < 1.29 is 21.3 Å². The first-order valence-corrected chi connectivity index (χ1v) is 13.4. The van der Waals surface area contributed by atoms with Crippen LogP contribution < -0.4 is 4.57 Å². The Labute approximate surface area is 250 Å². The van der Waals surface area contributed by atoms with E-state index in [-0.39, 0.29) is 33.9 Å².